The number of thioether (sulfide) groups is 1. The summed E-state index contributed by atoms with van der Waals surface area (Å²) in [5, 5.41) is 2.97. The van der Waals surface area contributed by atoms with Crippen LogP contribution in [0, 0.1) is 5.82 Å². The van der Waals surface area contributed by atoms with Gasteiger partial charge in [0.25, 0.3) is 5.91 Å². The molecule has 0 aromatic heterocycles. The Kier molecular flexibility index (Phi) is 6.49. The fraction of sp³-hybridized carbons (Fsp3) is 0.462. The fourth-order valence-electron chi connectivity index (χ4n) is 1.71. The van der Waals surface area contributed by atoms with Crippen molar-refractivity contribution >= 4 is 29.0 Å². The molecule has 1 amide bonds. The summed E-state index contributed by atoms with van der Waals surface area (Å²) in [6, 6.07) is 2.49. The van der Waals surface area contributed by atoms with Crippen molar-refractivity contribution in [2.24, 2.45) is 5.73 Å². The number of hydrogen-bond acceptors (Lipinski definition) is 4. The van der Waals surface area contributed by atoms with Crippen LogP contribution in [-0.2, 0) is 0 Å². The van der Waals surface area contributed by atoms with Gasteiger partial charge in [0, 0.05) is 12.2 Å². The Morgan fingerprint density at radius 3 is 2.74 bits per heavy atom. The molecule has 0 saturated heterocycles. The van der Waals surface area contributed by atoms with Gasteiger partial charge in [0.2, 0.25) is 0 Å². The lowest BCUT2D eigenvalue weighted by Crippen LogP contribution is -2.15. The standard InChI is InChI=1S/C13H20FN3OS/c1-19-6-4-2-3-5-17-12-7-9(13(16)18)11(15)8-10(12)14/h7-8,17H,2-6,15H2,1H3,(H2,16,18). The van der Waals surface area contributed by atoms with Crippen molar-refractivity contribution in [1.29, 1.82) is 0 Å². The van der Waals surface area contributed by atoms with E-state index in [1.54, 1.807) is 0 Å². The highest BCUT2D eigenvalue weighted by molar-refractivity contribution is 7.98. The number of hydrogen-bond donors (Lipinski definition) is 3. The molecule has 0 radical (unpaired) electrons. The van der Waals surface area contributed by atoms with Gasteiger partial charge in [-0.15, -0.1) is 0 Å². The van der Waals surface area contributed by atoms with Crippen LogP contribution in [0.1, 0.15) is 29.6 Å². The number of carbonyl (C=O) groups excluding carboxylic acids is 1. The number of rotatable bonds is 8. The summed E-state index contributed by atoms with van der Waals surface area (Å²) in [7, 11) is 0. The molecule has 1 rings (SSSR count). The van der Waals surface area contributed by atoms with E-state index in [9.17, 15) is 9.18 Å². The number of unbranched alkanes of at least 4 members (excludes halogenated alkanes) is 2. The van der Waals surface area contributed by atoms with Crippen LogP contribution >= 0.6 is 11.8 Å². The lowest BCUT2D eigenvalue weighted by atomic mass is 10.1. The molecule has 0 atom stereocenters. The number of nitrogens with one attached hydrogen (secondary N) is 1. The minimum absolute atomic E-state index is 0.0653. The van der Waals surface area contributed by atoms with Crippen molar-refractivity contribution in [3.05, 3.63) is 23.5 Å². The predicted molar refractivity (Wildman–Crippen MR) is 80.1 cm³/mol. The molecule has 0 fully saturated rings. The van der Waals surface area contributed by atoms with Crippen molar-refractivity contribution < 1.29 is 9.18 Å². The monoisotopic (exact) mass is 285 g/mol. The Labute approximate surface area is 117 Å². The van der Waals surface area contributed by atoms with E-state index in [-0.39, 0.29) is 16.9 Å². The number of amides is 1. The normalized spacial score (nSPS) is 10.4. The van der Waals surface area contributed by atoms with Gasteiger partial charge in [-0.25, -0.2) is 4.39 Å². The number of primary amides is 1. The second kappa shape index (κ2) is 7.89. The molecular weight excluding hydrogens is 265 g/mol. The van der Waals surface area contributed by atoms with Crippen LogP contribution < -0.4 is 16.8 Å². The molecule has 106 valence electrons. The van der Waals surface area contributed by atoms with E-state index in [1.807, 2.05) is 11.8 Å². The van der Waals surface area contributed by atoms with Crippen molar-refractivity contribution in [1.82, 2.24) is 0 Å². The summed E-state index contributed by atoms with van der Waals surface area (Å²) in [5.41, 5.74) is 11.2. The maximum atomic E-state index is 13.6. The summed E-state index contributed by atoms with van der Waals surface area (Å²) in [6.07, 6.45) is 5.27. The Morgan fingerprint density at radius 1 is 1.37 bits per heavy atom. The molecule has 0 saturated carbocycles. The minimum atomic E-state index is -0.652. The highest BCUT2D eigenvalue weighted by atomic mass is 32.2. The molecule has 0 spiro atoms. The third-order valence-electron chi connectivity index (χ3n) is 2.75. The molecule has 0 aliphatic rings. The number of nitrogen functional groups attached to an aromatic ring is 1. The SMILES string of the molecule is CSCCCCCNc1cc(C(N)=O)c(N)cc1F. The first-order chi connectivity index (χ1) is 9.06. The molecule has 0 aliphatic heterocycles. The maximum absolute atomic E-state index is 13.6. The average molecular weight is 285 g/mol. The molecule has 1 aromatic carbocycles. The van der Waals surface area contributed by atoms with Crippen LogP contribution in [0.5, 0.6) is 0 Å². The van der Waals surface area contributed by atoms with Gasteiger partial charge in [0.1, 0.15) is 5.82 Å². The second-order valence-electron chi connectivity index (χ2n) is 4.26. The van der Waals surface area contributed by atoms with Gasteiger partial charge in [0.15, 0.2) is 0 Å². The van der Waals surface area contributed by atoms with E-state index < -0.39 is 11.7 Å². The van der Waals surface area contributed by atoms with Gasteiger partial charge in [-0.05, 0) is 37.0 Å². The van der Waals surface area contributed by atoms with E-state index in [0.717, 1.165) is 31.1 Å². The first-order valence-electron chi connectivity index (χ1n) is 6.18. The average Bonchev–Trinajstić information content (AvgIpc) is 2.35. The van der Waals surface area contributed by atoms with Crippen LogP contribution in [0.15, 0.2) is 12.1 Å². The van der Waals surface area contributed by atoms with E-state index >= 15 is 0 Å². The van der Waals surface area contributed by atoms with Gasteiger partial charge >= 0.3 is 0 Å². The number of halogens is 1. The maximum Gasteiger partial charge on any atom is 0.250 e. The highest BCUT2D eigenvalue weighted by Crippen LogP contribution is 2.22. The highest BCUT2D eigenvalue weighted by Gasteiger charge is 2.11. The van der Waals surface area contributed by atoms with Crippen LogP contribution in [0.3, 0.4) is 0 Å². The van der Waals surface area contributed by atoms with Crippen molar-refractivity contribution in [2.45, 2.75) is 19.3 Å². The fourth-order valence-corrected chi connectivity index (χ4v) is 2.20. The molecule has 0 unspecified atom stereocenters. The van der Waals surface area contributed by atoms with E-state index in [2.05, 4.69) is 11.6 Å². The molecule has 5 N–H and O–H groups in total. The summed E-state index contributed by atoms with van der Waals surface area (Å²) < 4.78 is 13.6. The first-order valence-corrected chi connectivity index (χ1v) is 7.57. The molecule has 1 aromatic rings. The van der Waals surface area contributed by atoms with E-state index in [0.29, 0.717) is 6.54 Å². The second-order valence-corrected chi connectivity index (χ2v) is 5.25. The Bertz CT molecular complexity index is 440. The Hall–Kier alpha value is -1.43. The van der Waals surface area contributed by atoms with Crippen LogP contribution in [0.2, 0.25) is 0 Å². The smallest absolute Gasteiger partial charge is 0.250 e. The molecule has 0 heterocycles. The Balaban J connectivity index is 2.53. The first kappa shape index (κ1) is 15.6. The summed E-state index contributed by atoms with van der Waals surface area (Å²) >= 11 is 1.82. The molecule has 0 bridgehead atoms. The van der Waals surface area contributed by atoms with Gasteiger partial charge in [0.05, 0.1) is 11.3 Å². The van der Waals surface area contributed by atoms with Gasteiger partial charge < -0.3 is 16.8 Å². The largest absolute Gasteiger partial charge is 0.398 e. The molecular formula is C13H20FN3OS. The number of benzene rings is 1. The van der Waals surface area contributed by atoms with E-state index in [4.69, 9.17) is 11.5 Å². The lowest BCUT2D eigenvalue weighted by Gasteiger charge is -2.10. The summed E-state index contributed by atoms with van der Waals surface area (Å²) in [6.45, 7) is 0.660. The summed E-state index contributed by atoms with van der Waals surface area (Å²) in [5.74, 6) is 0.0225. The van der Waals surface area contributed by atoms with Gasteiger partial charge in [-0.1, -0.05) is 6.42 Å². The zero-order valence-corrected chi connectivity index (χ0v) is 11.9. The topological polar surface area (TPSA) is 81.1 Å². The lowest BCUT2D eigenvalue weighted by molar-refractivity contribution is 0.100. The molecule has 0 aliphatic carbocycles. The van der Waals surface area contributed by atoms with Crippen molar-refractivity contribution in [2.75, 3.05) is 29.6 Å². The third-order valence-corrected chi connectivity index (χ3v) is 3.44. The van der Waals surface area contributed by atoms with Crippen molar-refractivity contribution in [3.63, 3.8) is 0 Å². The van der Waals surface area contributed by atoms with E-state index in [1.165, 1.54) is 6.07 Å². The third kappa shape index (κ3) is 4.98. The van der Waals surface area contributed by atoms with Gasteiger partial charge in [-0.3, -0.25) is 4.79 Å². The summed E-state index contributed by atoms with van der Waals surface area (Å²) in [4.78, 5) is 11.1. The minimum Gasteiger partial charge on any atom is -0.398 e. The predicted octanol–water partition coefficient (Wildman–Crippen LogP) is 2.45. The van der Waals surface area contributed by atoms with Crippen LogP contribution in [0.4, 0.5) is 15.8 Å². The van der Waals surface area contributed by atoms with Crippen molar-refractivity contribution in [3.8, 4) is 0 Å². The zero-order chi connectivity index (χ0) is 14.3. The zero-order valence-electron chi connectivity index (χ0n) is 11.0. The van der Waals surface area contributed by atoms with Gasteiger partial charge in [-0.2, -0.15) is 11.8 Å². The number of carbonyl (C=O) groups is 1. The molecule has 4 nitrogen and oxygen atoms in total. The molecule has 19 heavy (non-hydrogen) atoms. The van der Waals surface area contributed by atoms with Crippen LogP contribution in [-0.4, -0.2) is 24.5 Å². The number of nitrogens with two attached hydrogens (primary N) is 2. The van der Waals surface area contributed by atoms with Crippen LogP contribution in [0.25, 0.3) is 0 Å². The molecule has 6 heteroatoms. The Morgan fingerprint density at radius 2 is 2.11 bits per heavy atom. The number of anilines is 2. The quantitative estimate of drug-likeness (QED) is 0.506.